The Hall–Kier alpha value is -2.50. The molecule has 120 valence electrons. The van der Waals surface area contributed by atoms with Crippen LogP contribution in [0.4, 0.5) is 5.69 Å². The van der Waals surface area contributed by atoms with Crippen molar-refractivity contribution in [3.63, 3.8) is 0 Å². The summed E-state index contributed by atoms with van der Waals surface area (Å²) in [5, 5.41) is 2.80. The number of rotatable bonds is 6. The van der Waals surface area contributed by atoms with Gasteiger partial charge in [-0.3, -0.25) is 15.4 Å². The topological polar surface area (TPSA) is 84.2 Å². The first kappa shape index (κ1) is 16.9. The Labute approximate surface area is 135 Å². The zero-order valence-electron chi connectivity index (χ0n) is 13.3. The number of carbonyl (C=O) groups excluding carboxylic acids is 2. The van der Waals surface area contributed by atoms with Crippen LogP contribution in [-0.2, 0) is 4.79 Å². The predicted octanol–water partition coefficient (Wildman–Crippen LogP) is 2.49. The van der Waals surface area contributed by atoms with Crippen molar-refractivity contribution in [2.24, 2.45) is 5.84 Å². The standard InChI is InChI=1S/C18H21N3O2/c1-3-18(2,21-19)17(23)20-15-11-9-14(10-12-15)16(22)13-7-5-4-6-8-13/h4-12,21H,3,19H2,1-2H3,(H,20,23). The Kier molecular flexibility index (Phi) is 5.26. The highest BCUT2D eigenvalue weighted by molar-refractivity contribution is 6.09. The molecule has 0 radical (unpaired) electrons. The number of benzene rings is 2. The maximum atomic E-state index is 12.3. The third-order valence-corrected chi connectivity index (χ3v) is 3.97. The average molecular weight is 311 g/mol. The smallest absolute Gasteiger partial charge is 0.245 e. The Morgan fingerprint density at radius 3 is 2.09 bits per heavy atom. The molecule has 1 atom stereocenters. The predicted molar refractivity (Wildman–Crippen MR) is 91.0 cm³/mol. The number of hydrazine groups is 1. The second-order valence-corrected chi connectivity index (χ2v) is 5.56. The van der Waals surface area contributed by atoms with Crippen LogP contribution in [0.1, 0.15) is 36.2 Å². The molecule has 23 heavy (non-hydrogen) atoms. The van der Waals surface area contributed by atoms with E-state index in [9.17, 15) is 9.59 Å². The van der Waals surface area contributed by atoms with E-state index in [1.165, 1.54) is 0 Å². The lowest BCUT2D eigenvalue weighted by atomic mass is 9.98. The third kappa shape index (κ3) is 3.83. The van der Waals surface area contributed by atoms with Gasteiger partial charge in [0.2, 0.25) is 5.91 Å². The quantitative estimate of drug-likeness (QED) is 0.435. The highest BCUT2D eigenvalue weighted by Crippen LogP contribution is 2.16. The summed E-state index contributed by atoms with van der Waals surface area (Å²) in [6.07, 6.45) is 0.555. The van der Waals surface area contributed by atoms with E-state index >= 15 is 0 Å². The lowest BCUT2D eigenvalue weighted by molar-refractivity contribution is -0.122. The molecule has 0 aliphatic heterocycles. The summed E-state index contributed by atoms with van der Waals surface area (Å²) in [6, 6.07) is 15.9. The van der Waals surface area contributed by atoms with Crippen LogP contribution >= 0.6 is 0 Å². The normalized spacial score (nSPS) is 13.2. The van der Waals surface area contributed by atoms with Gasteiger partial charge in [-0.1, -0.05) is 37.3 Å². The fraction of sp³-hybridized carbons (Fsp3) is 0.222. The van der Waals surface area contributed by atoms with Gasteiger partial charge < -0.3 is 5.32 Å². The van der Waals surface area contributed by atoms with Gasteiger partial charge in [0, 0.05) is 16.8 Å². The highest BCUT2D eigenvalue weighted by Gasteiger charge is 2.29. The van der Waals surface area contributed by atoms with Crippen molar-refractivity contribution < 1.29 is 9.59 Å². The molecule has 2 aromatic rings. The highest BCUT2D eigenvalue weighted by atomic mass is 16.2. The van der Waals surface area contributed by atoms with Crippen molar-refractivity contribution >= 4 is 17.4 Å². The molecule has 5 nitrogen and oxygen atoms in total. The fourth-order valence-corrected chi connectivity index (χ4v) is 2.06. The number of carbonyl (C=O) groups is 2. The zero-order valence-corrected chi connectivity index (χ0v) is 13.3. The molecule has 0 saturated heterocycles. The van der Waals surface area contributed by atoms with Gasteiger partial charge in [0.1, 0.15) is 5.54 Å². The number of nitrogens with two attached hydrogens (primary N) is 1. The molecule has 0 spiro atoms. The molecule has 1 unspecified atom stereocenters. The van der Waals surface area contributed by atoms with E-state index in [-0.39, 0.29) is 11.7 Å². The number of hydrogen-bond donors (Lipinski definition) is 3. The summed E-state index contributed by atoms with van der Waals surface area (Å²) in [6.45, 7) is 3.61. The maximum Gasteiger partial charge on any atom is 0.245 e. The third-order valence-electron chi connectivity index (χ3n) is 3.97. The summed E-state index contributed by atoms with van der Waals surface area (Å²) in [5.74, 6) is 5.18. The van der Waals surface area contributed by atoms with Crippen LogP contribution < -0.4 is 16.6 Å². The molecule has 0 aliphatic rings. The number of amides is 1. The average Bonchev–Trinajstić information content (AvgIpc) is 2.61. The minimum atomic E-state index is -0.835. The van der Waals surface area contributed by atoms with Crippen molar-refractivity contribution in [1.82, 2.24) is 5.43 Å². The number of hydrogen-bond acceptors (Lipinski definition) is 4. The Morgan fingerprint density at radius 2 is 1.57 bits per heavy atom. The SMILES string of the molecule is CCC(C)(NN)C(=O)Nc1ccc(C(=O)c2ccccc2)cc1. The Bertz CT molecular complexity index is 677. The molecule has 1 amide bonds. The number of anilines is 1. The Morgan fingerprint density at radius 1 is 1.00 bits per heavy atom. The van der Waals surface area contributed by atoms with Crippen LogP contribution in [0.15, 0.2) is 54.6 Å². The molecule has 2 rings (SSSR count). The van der Waals surface area contributed by atoms with E-state index in [0.717, 1.165) is 0 Å². The van der Waals surface area contributed by atoms with Crippen molar-refractivity contribution in [1.29, 1.82) is 0 Å². The van der Waals surface area contributed by atoms with Crippen LogP contribution in [0.25, 0.3) is 0 Å². The fourth-order valence-electron chi connectivity index (χ4n) is 2.06. The van der Waals surface area contributed by atoms with Gasteiger partial charge in [0.05, 0.1) is 0 Å². The molecule has 0 fully saturated rings. The molecule has 0 aliphatic carbocycles. The van der Waals surface area contributed by atoms with E-state index < -0.39 is 5.54 Å². The van der Waals surface area contributed by atoms with Crippen molar-refractivity contribution in [3.8, 4) is 0 Å². The van der Waals surface area contributed by atoms with Gasteiger partial charge in [-0.2, -0.15) is 0 Å². The summed E-state index contributed by atoms with van der Waals surface area (Å²) >= 11 is 0. The summed E-state index contributed by atoms with van der Waals surface area (Å²) in [4.78, 5) is 24.5. The van der Waals surface area contributed by atoms with E-state index in [2.05, 4.69) is 10.7 Å². The number of ketones is 1. The van der Waals surface area contributed by atoms with Gasteiger partial charge in [-0.15, -0.1) is 0 Å². The van der Waals surface area contributed by atoms with Crippen LogP contribution in [-0.4, -0.2) is 17.2 Å². The first-order valence-electron chi connectivity index (χ1n) is 7.49. The summed E-state index contributed by atoms with van der Waals surface area (Å²) in [5.41, 5.74) is 3.53. The second-order valence-electron chi connectivity index (χ2n) is 5.56. The van der Waals surface area contributed by atoms with Crippen molar-refractivity contribution in [2.45, 2.75) is 25.8 Å². The zero-order chi connectivity index (χ0) is 16.9. The molecule has 0 saturated carbocycles. The van der Waals surface area contributed by atoms with Crippen molar-refractivity contribution in [2.75, 3.05) is 5.32 Å². The van der Waals surface area contributed by atoms with Crippen molar-refractivity contribution in [3.05, 3.63) is 65.7 Å². The molecule has 5 heteroatoms. The Balaban J connectivity index is 2.11. The summed E-state index contributed by atoms with van der Waals surface area (Å²) < 4.78 is 0. The lowest BCUT2D eigenvalue weighted by Gasteiger charge is -2.25. The monoisotopic (exact) mass is 311 g/mol. The minimum absolute atomic E-state index is 0.0505. The molecular formula is C18H21N3O2. The number of nitrogens with one attached hydrogen (secondary N) is 2. The van der Waals surface area contributed by atoms with Gasteiger partial charge in [-0.25, -0.2) is 5.43 Å². The van der Waals surface area contributed by atoms with E-state index in [1.807, 2.05) is 25.1 Å². The lowest BCUT2D eigenvalue weighted by Crippen LogP contribution is -2.55. The van der Waals surface area contributed by atoms with Crippen LogP contribution in [0.2, 0.25) is 0 Å². The maximum absolute atomic E-state index is 12.3. The van der Waals surface area contributed by atoms with Crippen LogP contribution in [0.3, 0.4) is 0 Å². The van der Waals surface area contributed by atoms with Gasteiger partial charge in [0.15, 0.2) is 5.78 Å². The van der Waals surface area contributed by atoms with Gasteiger partial charge in [0.25, 0.3) is 0 Å². The van der Waals surface area contributed by atoms with E-state index in [0.29, 0.717) is 23.2 Å². The van der Waals surface area contributed by atoms with Crippen LogP contribution in [0, 0.1) is 0 Å². The molecule has 4 N–H and O–H groups in total. The molecule has 0 aromatic heterocycles. The molecule has 2 aromatic carbocycles. The van der Waals surface area contributed by atoms with Crippen LogP contribution in [0.5, 0.6) is 0 Å². The van der Waals surface area contributed by atoms with Gasteiger partial charge >= 0.3 is 0 Å². The first-order valence-corrected chi connectivity index (χ1v) is 7.49. The minimum Gasteiger partial charge on any atom is -0.324 e. The largest absolute Gasteiger partial charge is 0.324 e. The van der Waals surface area contributed by atoms with E-state index in [1.54, 1.807) is 43.3 Å². The van der Waals surface area contributed by atoms with Gasteiger partial charge in [-0.05, 0) is 37.6 Å². The summed E-state index contributed by atoms with van der Waals surface area (Å²) in [7, 11) is 0. The molecule has 0 heterocycles. The molecular weight excluding hydrogens is 290 g/mol. The second kappa shape index (κ2) is 7.17. The molecule has 0 bridgehead atoms. The van der Waals surface area contributed by atoms with E-state index in [4.69, 9.17) is 5.84 Å². The first-order chi connectivity index (χ1) is 11.0.